The number of rotatable bonds is 4. The maximum atomic E-state index is 12.6. The molecule has 112 valence electrons. The number of benzene rings is 1. The first-order chi connectivity index (χ1) is 9.87. The molecule has 1 aromatic carbocycles. The van der Waals surface area contributed by atoms with Gasteiger partial charge in [-0.2, -0.15) is 18.4 Å². The van der Waals surface area contributed by atoms with Crippen LogP contribution in [0.3, 0.4) is 0 Å². The number of nitriles is 1. The van der Waals surface area contributed by atoms with Crippen molar-refractivity contribution >= 4 is 22.6 Å². The first-order valence-corrected chi connectivity index (χ1v) is 6.93. The van der Waals surface area contributed by atoms with E-state index in [4.69, 9.17) is 16.9 Å². The highest BCUT2D eigenvalue weighted by molar-refractivity contribution is 6.17. The normalized spacial score (nSPS) is 13.3. The van der Waals surface area contributed by atoms with Gasteiger partial charge >= 0.3 is 6.18 Å². The summed E-state index contributed by atoms with van der Waals surface area (Å²) in [5, 5.41) is 9.09. The summed E-state index contributed by atoms with van der Waals surface area (Å²) in [4.78, 5) is 4.31. The van der Waals surface area contributed by atoms with Crippen LogP contribution in [0.5, 0.6) is 0 Å². The van der Waals surface area contributed by atoms with Crippen molar-refractivity contribution in [1.82, 2.24) is 9.55 Å². The van der Waals surface area contributed by atoms with Crippen LogP contribution in [0.1, 0.15) is 30.8 Å². The zero-order valence-corrected chi connectivity index (χ0v) is 12.0. The number of aryl methyl sites for hydroxylation is 1. The smallest absolute Gasteiger partial charge is 0.325 e. The van der Waals surface area contributed by atoms with E-state index in [0.717, 1.165) is 0 Å². The lowest BCUT2D eigenvalue weighted by molar-refractivity contribution is -0.141. The standard InChI is InChI=1S/C14H13ClF3N3/c1-9(7-14(16,17)18)21-11-4-2-3-10(8-19)13(11)20-12(21)5-6-15/h2-4,9H,5-7H2,1H3. The summed E-state index contributed by atoms with van der Waals surface area (Å²) in [6, 6.07) is 6.12. The second-order valence-electron chi connectivity index (χ2n) is 4.79. The van der Waals surface area contributed by atoms with Crippen LogP contribution >= 0.6 is 11.6 Å². The molecule has 21 heavy (non-hydrogen) atoms. The van der Waals surface area contributed by atoms with Crippen LogP contribution < -0.4 is 0 Å². The van der Waals surface area contributed by atoms with E-state index in [1.54, 1.807) is 18.2 Å². The summed E-state index contributed by atoms with van der Waals surface area (Å²) >= 11 is 5.71. The highest BCUT2D eigenvalue weighted by Crippen LogP contribution is 2.31. The molecule has 0 aliphatic heterocycles. The molecular weight excluding hydrogens is 303 g/mol. The molecule has 0 aliphatic carbocycles. The van der Waals surface area contributed by atoms with Gasteiger partial charge in [0, 0.05) is 18.3 Å². The molecule has 1 heterocycles. The fourth-order valence-electron chi connectivity index (χ4n) is 2.43. The Kier molecular flexibility index (Phi) is 4.43. The quantitative estimate of drug-likeness (QED) is 0.793. The van der Waals surface area contributed by atoms with Gasteiger partial charge in [-0.15, -0.1) is 11.6 Å². The molecule has 0 bridgehead atoms. The molecule has 1 aromatic heterocycles. The molecule has 7 heteroatoms. The third-order valence-corrected chi connectivity index (χ3v) is 3.39. The van der Waals surface area contributed by atoms with Crippen molar-refractivity contribution < 1.29 is 13.2 Å². The van der Waals surface area contributed by atoms with Gasteiger partial charge in [-0.25, -0.2) is 4.98 Å². The minimum atomic E-state index is -4.26. The zero-order chi connectivity index (χ0) is 15.6. The molecule has 1 unspecified atom stereocenters. The van der Waals surface area contributed by atoms with Gasteiger partial charge in [0.2, 0.25) is 0 Å². The second kappa shape index (κ2) is 5.94. The van der Waals surface area contributed by atoms with E-state index in [0.29, 0.717) is 28.8 Å². The summed E-state index contributed by atoms with van der Waals surface area (Å²) in [5.74, 6) is 0.726. The van der Waals surface area contributed by atoms with Gasteiger partial charge in [0.15, 0.2) is 0 Å². The Bertz CT molecular complexity index is 685. The molecule has 0 amide bonds. The maximum Gasteiger partial charge on any atom is 0.391 e. The summed E-state index contributed by atoms with van der Waals surface area (Å²) in [7, 11) is 0. The van der Waals surface area contributed by atoms with Gasteiger partial charge in [0.1, 0.15) is 17.4 Å². The number of aromatic nitrogens is 2. The number of alkyl halides is 4. The molecule has 2 aromatic rings. The van der Waals surface area contributed by atoms with Crippen LogP contribution in [-0.2, 0) is 6.42 Å². The monoisotopic (exact) mass is 315 g/mol. The Morgan fingerprint density at radius 1 is 1.43 bits per heavy atom. The molecule has 2 rings (SSSR count). The predicted molar refractivity (Wildman–Crippen MR) is 74.3 cm³/mol. The fourth-order valence-corrected chi connectivity index (χ4v) is 2.60. The molecule has 0 spiro atoms. The average Bonchev–Trinajstić information content (AvgIpc) is 2.75. The number of imidazole rings is 1. The van der Waals surface area contributed by atoms with E-state index >= 15 is 0 Å². The van der Waals surface area contributed by atoms with Crippen LogP contribution in [-0.4, -0.2) is 21.6 Å². The maximum absolute atomic E-state index is 12.6. The average molecular weight is 316 g/mol. The lowest BCUT2D eigenvalue weighted by Gasteiger charge is -2.19. The van der Waals surface area contributed by atoms with Crippen molar-refractivity contribution in [3.63, 3.8) is 0 Å². The number of halogens is 4. The number of nitrogens with zero attached hydrogens (tertiary/aromatic N) is 3. The number of para-hydroxylation sites is 1. The van der Waals surface area contributed by atoms with Gasteiger partial charge in [-0.3, -0.25) is 0 Å². The molecule has 0 saturated carbocycles. The first-order valence-electron chi connectivity index (χ1n) is 6.40. The fraction of sp³-hybridized carbons (Fsp3) is 0.429. The van der Waals surface area contributed by atoms with E-state index in [1.165, 1.54) is 11.5 Å². The van der Waals surface area contributed by atoms with Gasteiger partial charge in [-0.05, 0) is 19.1 Å². The largest absolute Gasteiger partial charge is 0.391 e. The Labute approximate surface area is 124 Å². The molecule has 0 N–H and O–H groups in total. The van der Waals surface area contributed by atoms with E-state index < -0.39 is 18.6 Å². The minimum absolute atomic E-state index is 0.254. The molecule has 0 aliphatic rings. The Hall–Kier alpha value is -1.74. The number of hydrogen-bond acceptors (Lipinski definition) is 2. The lowest BCUT2D eigenvalue weighted by Crippen LogP contribution is -2.18. The van der Waals surface area contributed by atoms with Crippen molar-refractivity contribution in [3.05, 3.63) is 29.6 Å². The van der Waals surface area contributed by atoms with Gasteiger partial charge in [0.25, 0.3) is 0 Å². The Morgan fingerprint density at radius 3 is 2.71 bits per heavy atom. The van der Waals surface area contributed by atoms with Crippen molar-refractivity contribution in [1.29, 1.82) is 5.26 Å². The first kappa shape index (κ1) is 15.6. The van der Waals surface area contributed by atoms with Crippen molar-refractivity contribution in [3.8, 4) is 6.07 Å². The second-order valence-corrected chi connectivity index (χ2v) is 5.17. The van der Waals surface area contributed by atoms with E-state index in [2.05, 4.69) is 4.98 Å². The molecule has 3 nitrogen and oxygen atoms in total. The van der Waals surface area contributed by atoms with E-state index in [9.17, 15) is 13.2 Å². The van der Waals surface area contributed by atoms with Gasteiger partial charge < -0.3 is 4.57 Å². The molecule has 0 fully saturated rings. The molecular formula is C14H13ClF3N3. The zero-order valence-electron chi connectivity index (χ0n) is 11.3. The third-order valence-electron chi connectivity index (χ3n) is 3.20. The third kappa shape index (κ3) is 3.30. The lowest BCUT2D eigenvalue weighted by atomic mass is 10.1. The van der Waals surface area contributed by atoms with Crippen molar-refractivity contribution in [2.75, 3.05) is 5.88 Å². The van der Waals surface area contributed by atoms with E-state index in [1.807, 2.05) is 6.07 Å². The van der Waals surface area contributed by atoms with Gasteiger partial charge in [-0.1, -0.05) is 6.07 Å². The summed E-state index contributed by atoms with van der Waals surface area (Å²) in [6.45, 7) is 1.49. The molecule has 1 atom stereocenters. The van der Waals surface area contributed by atoms with Crippen LogP contribution in [0.25, 0.3) is 11.0 Å². The topological polar surface area (TPSA) is 41.6 Å². The number of hydrogen-bond donors (Lipinski definition) is 0. The Balaban J connectivity index is 2.59. The minimum Gasteiger partial charge on any atom is -0.325 e. The SMILES string of the molecule is CC(CC(F)(F)F)n1c(CCCl)nc2c(C#N)cccc21. The summed E-state index contributed by atoms with van der Waals surface area (Å²) < 4.78 is 39.5. The van der Waals surface area contributed by atoms with Crippen LogP contribution in [0.15, 0.2) is 18.2 Å². The van der Waals surface area contributed by atoms with Crippen LogP contribution in [0, 0.1) is 11.3 Å². The molecule has 0 saturated heterocycles. The predicted octanol–water partition coefficient (Wildman–Crippen LogP) is 4.20. The summed E-state index contributed by atoms with van der Waals surface area (Å²) in [6.07, 6.45) is -4.87. The highest BCUT2D eigenvalue weighted by atomic mass is 35.5. The summed E-state index contributed by atoms with van der Waals surface area (Å²) in [5.41, 5.74) is 1.31. The van der Waals surface area contributed by atoms with Crippen molar-refractivity contribution in [2.24, 2.45) is 0 Å². The van der Waals surface area contributed by atoms with E-state index in [-0.39, 0.29) is 5.88 Å². The van der Waals surface area contributed by atoms with Gasteiger partial charge in [0.05, 0.1) is 17.5 Å². The molecule has 0 radical (unpaired) electrons. The van der Waals surface area contributed by atoms with Crippen molar-refractivity contribution in [2.45, 2.75) is 32.0 Å². The van der Waals surface area contributed by atoms with Crippen LogP contribution in [0.4, 0.5) is 13.2 Å². The highest BCUT2D eigenvalue weighted by Gasteiger charge is 2.32. The van der Waals surface area contributed by atoms with Crippen LogP contribution in [0.2, 0.25) is 0 Å². The Morgan fingerprint density at radius 2 is 2.14 bits per heavy atom. The number of fused-ring (bicyclic) bond motifs is 1.